The maximum absolute atomic E-state index is 8.67. The van der Waals surface area contributed by atoms with Gasteiger partial charge in [-0.1, -0.05) is 33.8 Å². The molecule has 0 radical (unpaired) electrons. The molecule has 2 heteroatoms. The fourth-order valence-electron chi connectivity index (χ4n) is 1.55. The number of fused-ring (bicyclic) bond motifs is 1. The zero-order chi connectivity index (χ0) is 12.4. The normalized spacial score (nSPS) is 11.9. The fraction of sp³-hybridized carbons (Fsp3) is 0.500. The Labute approximate surface area is 99.3 Å². The van der Waals surface area contributed by atoms with Crippen molar-refractivity contribution >= 4 is 0 Å². The molecule has 1 aromatic rings. The first kappa shape index (κ1) is 14.7. The Morgan fingerprint density at radius 2 is 1.81 bits per heavy atom. The van der Waals surface area contributed by atoms with Crippen LogP contribution < -0.4 is 5.32 Å². The van der Waals surface area contributed by atoms with Gasteiger partial charge in [-0.05, 0) is 36.2 Å². The zero-order valence-corrected chi connectivity index (χ0v) is 10.8. The molecule has 1 aliphatic rings. The number of hydrogen-bond acceptors (Lipinski definition) is 2. The van der Waals surface area contributed by atoms with Crippen LogP contribution >= 0.6 is 0 Å². The third-order valence-corrected chi connectivity index (χ3v) is 2.22. The second kappa shape index (κ2) is 8.94. The number of nitrogens with one attached hydrogen (secondary N) is 1. The molecule has 0 amide bonds. The van der Waals surface area contributed by atoms with Crippen molar-refractivity contribution in [1.82, 2.24) is 5.32 Å². The molecule has 0 saturated heterocycles. The first-order valence-corrected chi connectivity index (χ1v) is 6.13. The molecule has 1 aliphatic heterocycles. The number of hydrogen-bond donors (Lipinski definition) is 1. The van der Waals surface area contributed by atoms with Crippen molar-refractivity contribution in [2.75, 3.05) is 6.54 Å². The molecule has 0 fully saturated rings. The third-order valence-electron chi connectivity index (χ3n) is 2.22. The Hall–Kier alpha value is -1.33. The van der Waals surface area contributed by atoms with E-state index in [1.165, 1.54) is 11.1 Å². The molecule has 88 valence electrons. The highest BCUT2D eigenvalue weighted by atomic mass is 14.9. The first-order valence-electron chi connectivity index (χ1n) is 6.13. The monoisotopic (exact) mass is 218 g/mol. The van der Waals surface area contributed by atoms with Crippen LogP contribution in [0.2, 0.25) is 0 Å². The molecule has 0 spiro atoms. The minimum absolute atomic E-state index is 0.762. The summed E-state index contributed by atoms with van der Waals surface area (Å²) in [5, 5.41) is 12.0. The van der Waals surface area contributed by atoms with Crippen LogP contribution in [0.5, 0.6) is 0 Å². The van der Waals surface area contributed by atoms with E-state index in [0.29, 0.717) is 0 Å². The molecule has 1 aromatic carbocycles. The van der Waals surface area contributed by atoms with Crippen molar-refractivity contribution in [3.8, 4) is 6.07 Å². The van der Waals surface area contributed by atoms with Gasteiger partial charge in [0.2, 0.25) is 0 Å². The standard InChI is InChI=1S/C10H10N2.2C2H6/c11-6-8-1-2-9-3-4-12-7-10(9)5-8;2*1-2/h1-2,5,12H,3-4,7H2;2*1-2H3. The van der Waals surface area contributed by atoms with Crippen LogP contribution in [-0.4, -0.2) is 6.54 Å². The largest absolute Gasteiger partial charge is 0.312 e. The van der Waals surface area contributed by atoms with E-state index in [1.807, 2.05) is 39.8 Å². The molecule has 2 nitrogen and oxygen atoms in total. The minimum Gasteiger partial charge on any atom is -0.312 e. The first-order chi connectivity index (χ1) is 7.90. The Morgan fingerprint density at radius 1 is 1.12 bits per heavy atom. The van der Waals surface area contributed by atoms with Gasteiger partial charge in [-0.2, -0.15) is 5.26 Å². The second-order valence-electron chi connectivity index (χ2n) is 3.02. The summed E-state index contributed by atoms with van der Waals surface area (Å²) in [7, 11) is 0. The molecule has 0 aliphatic carbocycles. The quantitative estimate of drug-likeness (QED) is 0.725. The van der Waals surface area contributed by atoms with Gasteiger partial charge in [0, 0.05) is 6.54 Å². The molecular weight excluding hydrogens is 196 g/mol. The van der Waals surface area contributed by atoms with Crippen LogP contribution in [0.1, 0.15) is 44.4 Å². The lowest BCUT2D eigenvalue weighted by Gasteiger charge is -2.16. The van der Waals surface area contributed by atoms with Crippen LogP contribution in [0.25, 0.3) is 0 Å². The number of benzene rings is 1. The van der Waals surface area contributed by atoms with Crippen LogP contribution in [-0.2, 0) is 13.0 Å². The average molecular weight is 218 g/mol. The summed E-state index contributed by atoms with van der Waals surface area (Å²) in [6, 6.07) is 8.08. The highest BCUT2D eigenvalue weighted by molar-refractivity contribution is 5.39. The van der Waals surface area contributed by atoms with Gasteiger partial charge in [-0.15, -0.1) is 0 Å². The Balaban J connectivity index is 0.000000509. The van der Waals surface area contributed by atoms with Gasteiger partial charge >= 0.3 is 0 Å². The Bertz CT molecular complexity index is 337. The van der Waals surface area contributed by atoms with Crippen LogP contribution in [0.3, 0.4) is 0 Å². The maximum Gasteiger partial charge on any atom is 0.0991 e. The van der Waals surface area contributed by atoms with Crippen molar-refractivity contribution in [3.05, 3.63) is 34.9 Å². The molecule has 1 N–H and O–H groups in total. The van der Waals surface area contributed by atoms with Gasteiger partial charge in [0.05, 0.1) is 11.6 Å². The van der Waals surface area contributed by atoms with Crippen molar-refractivity contribution in [3.63, 3.8) is 0 Å². The molecule has 0 bridgehead atoms. The Kier molecular flexibility index (Phi) is 8.19. The Morgan fingerprint density at radius 3 is 2.44 bits per heavy atom. The predicted octanol–water partition coefficient (Wildman–Crippen LogP) is 3.26. The predicted molar refractivity (Wildman–Crippen MR) is 69.3 cm³/mol. The summed E-state index contributed by atoms with van der Waals surface area (Å²) in [6.07, 6.45) is 1.08. The fourth-order valence-corrected chi connectivity index (χ4v) is 1.55. The third kappa shape index (κ3) is 4.04. The number of nitriles is 1. The molecule has 0 atom stereocenters. The summed E-state index contributed by atoms with van der Waals surface area (Å²) < 4.78 is 0. The average Bonchev–Trinajstić information content (AvgIpc) is 2.42. The van der Waals surface area contributed by atoms with E-state index in [4.69, 9.17) is 5.26 Å². The van der Waals surface area contributed by atoms with Gasteiger partial charge in [0.15, 0.2) is 0 Å². The molecule has 0 aromatic heterocycles. The van der Waals surface area contributed by atoms with Crippen LogP contribution in [0, 0.1) is 11.3 Å². The molecular formula is C14H22N2. The summed E-state index contributed by atoms with van der Waals surface area (Å²) in [6.45, 7) is 9.96. The van der Waals surface area contributed by atoms with Crippen LogP contribution in [0.4, 0.5) is 0 Å². The summed E-state index contributed by atoms with van der Waals surface area (Å²) in [5.74, 6) is 0. The molecule has 2 rings (SSSR count). The topological polar surface area (TPSA) is 35.8 Å². The lowest BCUT2D eigenvalue weighted by molar-refractivity contribution is 0.643. The summed E-state index contributed by atoms with van der Waals surface area (Å²) in [4.78, 5) is 0. The van der Waals surface area contributed by atoms with E-state index in [9.17, 15) is 0 Å². The van der Waals surface area contributed by atoms with Gasteiger partial charge in [0.25, 0.3) is 0 Å². The minimum atomic E-state index is 0.762. The van der Waals surface area contributed by atoms with Gasteiger partial charge in [-0.25, -0.2) is 0 Å². The van der Waals surface area contributed by atoms with E-state index in [1.54, 1.807) is 0 Å². The lowest BCUT2D eigenvalue weighted by Crippen LogP contribution is -2.23. The van der Waals surface area contributed by atoms with Gasteiger partial charge < -0.3 is 5.32 Å². The van der Waals surface area contributed by atoms with E-state index in [2.05, 4.69) is 17.5 Å². The molecule has 1 heterocycles. The molecule has 0 unspecified atom stereocenters. The van der Waals surface area contributed by atoms with Crippen molar-refractivity contribution in [1.29, 1.82) is 5.26 Å². The lowest BCUT2D eigenvalue weighted by atomic mass is 9.99. The maximum atomic E-state index is 8.67. The number of nitrogens with zero attached hydrogens (tertiary/aromatic N) is 1. The highest BCUT2D eigenvalue weighted by Crippen LogP contribution is 2.14. The number of rotatable bonds is 0. The van der Waals surface area contributed by atoms with E-state index in [0.717, 1.165) is 25.1 Å². The SMILES string of the molecule is CC.CC.N#Cc1ccc2c(c1)CNCC2. The van der Waals surface area contributed by atoms with E-state index in [-0.39, 0.29) is 0 Å². The van der Waals surface area contributed by atoms with Gasteiger partial charge in [0.1, 0.15) is 0 Å². The summed E-state index contributed by atoms with van der Waals surface area (Å²) in [5.41, 5.74) is 3.42. The van der Waals surface area contributed by atoms with Crippen molar-refractivity contribution in [2.45, 2.75) is 40.7 Å². The molecule has 16 heavy (non-hydrogen) atoms. The smallest absolute Gasteiger partial charge is 0.0991 e. The van der Waals surface area contributed by atoms with Gasteiger partial charge in [-0.3, -0.25) is 0 Å². The van der Waals surface area contributed by atoms with Crippen molar-refractivity contribution in [2.24, 2.45) is 0 Å². The summed E-state index contributed by atoms with van der Waals surface area (Å²) >= 11 is 0. The van der Waals surface area contributed by atoms with E-state index >= 15 is 0 Å². The zero-order valence-electron chi connectivity index (χ0n) is 10.8. The highest BCUT2D eigenvalue weighted by Gasteiger charge is 2.07. The second-order valence-corrected chi connectivity index (χ2v) is 3.02. The van der Waals surface area contributed by atoms with Crippen molar-refractivity contribution < 1.29 is 0 Å². The van der Waals surface area contributed by atoms with Crippen LogP contribution in [0.15, 0.2) is 18.2 Å². The van der Waals surface area contributed by atoms with E-state index < -0.39 is 0 Å². The molecule has 0 saturated carbocycles.